The molecule has 0 radical (unpaired) electrons. The van der Waals surface area contributed by atoms with Crippen molar-refractivity contribution in [1.29, 1.82) is 0 Å². The van der Waals surface area contributed by atoms with Crippen molar-refractivity contribution >= 4 is 40.9 Å². The summed E-state index contributed by atoms with van der Waals surface area (Å²) in [4.78, 5) is 75.3. The molecule has 7 atom stereocenters. The van der Waals surface area contributed by atoms with Gasteiger partial charge < -0.3 is 40.7 Å². The van der Waals surface area contributed by atoms with Crippen molar-refractivity contribution in [2.45, 2.75) is 137 Å². The van der Waals surface area contributed by atoms with E-state index in [-0.39, 0.29) is 60.0 Å². The third kappa shape index (κ3) is 14.0. The highest BCUT2D eigenvalue weighted by atomic mass is 32.1. The first-order valence-corrected chi connectivity index (χ1v) is 22.0. The van der Waals surface area contributed by atoms with Gasteiger partial charge in [-0.15, -0.1) is 11.3 Å². The summed E-state index contributed by atoms with van der Waals surface area (Å²) >= 11 is 1.30. The number of likely N-dealkylation sites (N-methyl/N-ethyl adjacent to an activating group) is 1. The molecule has 15 heteroatoms. The molecule has 0 spiro atoms. The van der Waals surface area contributed by atoms with Crippen LogP contribution in [0.2, 0.25) is 0 Å². The lowest BCUT2D eigenvalue weighted by Gasteiger charge is -2.40. The number of rotatable bonds is 24. The van der Waals surface area contributed by atoms with E-state index in [0.29, 0.717) is 56.8 Å². The second-order valence-electron chi connectivity index (χ2n) is 16.0. The summed E-state index contributed by atoms with van der Waals surface area (Å²) in [5.41, 5.74) is 1.03. The molecule has 1 unspecified atom stereocenters. The number of aliphatic carboxylic acids is 1. The number of aromatic hydroxyl groups is 1. The highest BCUT2D eigenvalue weighted by Crippen LogP contribution is 2.32. The van der Waals surface area contributed by atoms with Gasteiger partial charge in [0, 0.05) is 43.6 Å². The normalized spacial score (nSPS) is 17.5. The number of phenolic OH excluding ortho intramolecular Hbond substituents is 1. The number of carboxylic acid groups (broad SMARTS) is 1. The Hall–Kier alpha value is -4.08. The number of nitrogens with zero attached hydrogens (tertiary/aromatic N) is 3. The molecule has 2 aromatic rings. The summed E-state index contributed by atoms with van der Waals surface area (Å²) in [6.45, 7) is 15.3. The van der Waals surface area contributed by atoms with E-state index >= 15 is 0 Å². The number of carboxylic acids is 1. The summed E-state index contributed by atoms with van der Waals surface area (Å²) in [5, 5.41) is 30.6. The van der Waals surface area contributed by atoms with Gasteiger partial charge in [-0.3, -0.25) is 24.0 Å². The highest BCUT2D eigenvalue weighted by molar-refractivity contribution is 7.09. The zero-order valence-corrected chi connectivity index (χ0v) is 36.6. The topological polar surface area (TPSA) is 190 Å². The number of likely N-dealkylation sites (tertiary alicyclic amines) is 1. The number of carbonyl (C=O) groups excluding carboxylic acids is 4. The molecule has 4 amide bonds. The third-order valence-electron chi connectivity index (χ3n) is 11.0. The van der Waals surface area contributed by atoms with Crippen LogP contribution in [0.5, 0.6) is 5.75 Å². The van der Waals surface area contributed by atoms with Gasteiger partial charge in [-0.1, -0.05) is 67.0 Å². The molecule has 1 aromatic heterocycles. The van der Waals surface area contributed by atoms with E-state index < -0.39 is 42.0 Å². The number of aromatic nitrogens is 1. The Bertz CT molecular complexity index is 1620. The predicted octanol–water partition coefficient (Wildman–Crippen LogP) is 5.55. The van der Waals surface area contributed by atoms with Crippen molar-refractivity contribution in [1.82, 2.24) is 30.7 Å². The zero-order chi connectivity index (χ0) is 42.9. The number of carbonyl (C=O) groups is 5. The number of nitrogens with one attached hydrogen (secondary N) is 3. The first-order chi connectivity index (χ1) is 27.6. The summed E-state index contributed by atoms with van der Waals surface area (Å²) in [6, 6.07) is 4.36. The van der Waals surface area contributed by atoms with Gasteiger partial charge in [-0.25, -0.2) is 4.98 Å². The maximum atomic E-state index is 14.8. The molecule has 0 aliphatic carbocycles. The zero-order valence-electron chi connectivity index (χ0n) is 35.8. The van der Waals surface area contributed by atoms with Crippen molar-refractivity contribution in [3.05, 3.63) is 45.9 Å². The van der Waals surface area contributed by atoms with Crippen LogP contribution >= 0.6 is 11.3 Å². The summed E-state index contributed by atoms with van der Waals surface area (Å²) < 4.78 is 6.42. The number of ether oxygens (including phenoxy) is 1. The number of hydrogen-bond acceptors (Lipinski definition) is 10. The number of hydrogen-bond donors (Lipinski definition) is 5. The quantitative estimate of drug-likeness (QED) is 0.0897. The lowest BCUT2D eigenvalue weighted by atomic mass is 9.91. The van der Waals surface area contributed by atoms with E-state index in [4.69, 9.17) is 9.72 Å². The molecule has 3 rings (SSSR count). The molecule has 5 N–H and O–H groups in total. The lowest BCUT2D eigenvalue weighted by Crippen LogP contribution is -2.60. The lowest BCUT2D eigenvalue weighted by molar-refractivity contribution is -0.146. The largest absolute Gasteiger partial charge is 0.508 e. The van der Waals surface area contributed by atoms with Crippen LogP contribution in [0.15, 0.2) is 29.6 Å². The van der Waals surface area contributed by atoms with Crippen molar-refractivity contribution in [3.8, 4) is 5.75 Å². The molecule has 58 heavy (non-hydrogen) atoms. The number of piperidine rings is 1. The maximum absolute atomic E-state index is 14.8. The van der Waals surface area contributed by atoms with Crippen molar-refractivity contribution in [2.24, 2.45) is 17.8 Å². The predicted molar refractivity (Wildman–Crippen MR) is 225 cm³/mol. The fraction of sp³-hybridized carbons (Fsp3) is 0.674. The molecule has 0 bridgehead atoms. The van der Waals surface area contributed by atoms with Gasteiger partial charge in [0.15, 0.2) is 0 Å². The van der Waals surface area contributed by atoms with Gasteiger partial charge in [0.1, 0.15) is 34.6 Å². The van der Waals surface area contributed by atoms with Crippen molar-refractivity contribution in [3.63, 3.8) is 0 Å². The molecule has 1 saturated heterocycles. The number of amides is 4. The van der Waals surface area contributed by atoms with Gasteiger partial charge in [-0.05, 0) is 81.5 Å². The SMILES string of the molecule is CCCOC(C[C@H](C(C)C)N(CCC)C(=O)[C@@H](NC(=O)[C@H]1CCCCN1C(=O)CNC)[C@@H](C)CC)c1nc(C(=O)N[C@@H](Cc2ccc(O)cc2)C[C@H](C)C(=O)O)cs1. The molecule has 0 saturated carbocycles. The Balaban J connectivity index is 1.88. The van der Waals surface area contributed by atoms with Gasteiger partial charge in [-0.2, -0.15) is 0 Å². The smallest absolute Gasteiger partial charge is 0.306 e. The molecule has 1 aromatic carbocycles. The van der Waals surface area contributed by atoms with E-state index in [2.05, 4.69) is 29.8 Å². The molecule has 1 fully saturated rings. The molecular formula is C43H68N6O8S. The minimum absolute atomic E-state index is 0.00382. The highest BCUT2D eigenvalue weighted by Gasteiger charge is 2.39. The van der Waals surface area contributed by atoms with Crippen LogP contribution in [0.25, 0.3) is 0 Å². The summed E-state index contributed by atoms with van der Waals surface area (Å²) in [5.74, 6) is -2.76. The van der Waals surface area contributed by atoms with Crippen molar-refractivity contribution < 1.29 is 38.9 Å². The molecule has 14 nitrogen and oxygen atoms in total. The first kappa shape index (κ1) is 48.3. The number of benzene rings is 1. The molecule has 2 heterocycles. The van der Waals surface area contributed by atoms with E-state index in [0.717, 1.165) is 24.8 Å². The Morgan fingerprint density at radius 1 is 1.00 bits per heavy atom. The first-order valence-electron chi connectivity index (χ1n) is 21.1. The number of thiazole rings is 1. The second kappa shape index (κ2) is 24.1. The Morgan fingerprint density at radius 2 is 1.71 bits per heavy atom. The van der Waals surface area contributed by atoms with E-state index in [9.17, 15) is 34.2 Å². The van der Waals surface area contributed by atoms with Gasteiger partial charge >= 0.3 is 5.97 Å². The average molecular weight is 829 g/mol. The minimum Gasteiger partial charge on any atom is -0.508 e. The van der Waals surface area contributed by atoms with E-state index in [1.165, 1.54) is 11.3 Å². The van der Waals surface area contributed by atoms with E-state index in [1.54, 1.807) is 48.5 Å². The van der Waals surface area contributed by atoms with Crippen LogP contribution in [0, 0.1) is 17.8 Å². The van der Waals surface area contributed by atoms with Crippen LogP contribution in [0.3, 0.4) is 0 Å². The Kier molecular flexibility index (Phi) is 20.1. The second-order valence-corrected chi connectivity index (χ2v) is 16.9. The fourth-order valence-electron chi connectivity index (χ4n) is 7.46. The van der Waals surface area contributed by atoms with Crippen LogP contribution in [-0.4, -0.2) is 112 Å². The Labute approximate surface area is 348 Å². The molecule has 1 aliphatic heterocycles. The standard InChI is InChI=1S/C43H68N6O8S/c1-9-19-49(42(54)38(28(6)11-3)47-40(53)34-14-12-13-20-48(34)37(51)25-44-8)35(27(4)5)24-36(57-21-10-2)41-46-33(26-58-41)39(52)45-31(22-29(7)43(55)56)23-30-15-17-32(50)18-16-30/h15-18,26-29,31,34-36,38,44,50H,9-14,19-25H2,1-8H3,(H,45,52)(H,47,53)(H,55,56)/t28-,29-,31+,34+,35+,36?,38-/m0/s1. The van der Waals surface area contributed by atoms with Crippen LogP contribution in [-0.2, 0) is 30.3 Å². The summed E-state index contributed by atoms with van der Waals surface area (Å²) in [6.07, 6.45) is 4.74. The van der Waals surface area contributed by atoms with Gasteiger partial charge in [0.25, 0.3) is 5.91 Å². The van der Waals surface area contributed by atoms with Crippen LogP contribution in [0.4, 0.5) is 0 Å². The van der Waals surface area contributed by atoms with Gasteiger partial charge in [0.05, 0.1) is 12.5 Å². The van der Waals surface area contributed by atoms with Crippen LogP contribution in [0.1, 0.15) is 127 Å². The number of phenols is 1. The third-order valence-corrected chi connectivity index (χ3v) is 11.9. The Morgan fingerprint density at radius 3 is 2.31 bits per heavy atom. The van der Waals surface area contributed by atoms with E-state index in [1.807, 2.05) is 32.6 Å². The average Bonchev–Trinajstić information content (AvgIpc) is 3.70. The fourth-order valence-corrected chi connectivity index (χ4v) is 8.32. The monoisotopic (exact) mass is 828 g/mol. The van der Waals surface area contributed by atoms with Gasteiger partial charge in [0.2, 0.25) is 17.7 Å². The van der Waals surface area contributed by atoms with Crippen LogP contribution < -0.4 is 16.0 Å². The van der Waals surface area contributed by atoms with Crippen molar-refractivity contribution in [2.75, 3.05) is 33.3 Å². The molecule has 1 aliphatic rings. The molecule has 324 valence electrons. The maximum Gasteiger partial charge on any atom is 0.306 e. The molecular weight excluding hydrogens is 761 g/mol. The summed E-state index contributed by atoms with van der Waals surface area (Å²) in [7, 11) is 1.70. The minimum atomic E-state index is -0.961.